The van der Waals surface area contributed by atoms with Gasteiger partial charge in [0.15, 0.2) is 0 Å². The molecule has 2 fully saturated rings. The molecule has 1 amide bonds. The van der Waals surface area contributed by atoms with Crippen molar-refractivity contribution in [2.45, 2.75) is 58.1 Å². The van der Waals surface area contributed by atoms with Gasteiger partial charge in [-0.05, 0) is 68.9 Å². The average Bonchev–Trinajstić information content (AvgIpc) is 3.49. The van der Waals surface area contributed by atoms with E-state index in [9.17, 15) is 9.59 Å². The van der Waals surface area contributed by atoms with E-state index in [1.54, 1.807) is 4.90 Å². The maximum absolute atomic E-state index is 12.4. The molecule has 1 saturated carbocycles. The van der Waals surface area contributed by atoms with Crippen molar-refractivity contribution in [3.05, 3.63) is 57.7 Å². The van der Waals surface area contributed by atoms with Crippen LogP contribution in [0.3, 0.4) is 0 Å². The largest absolute Gasteiger partial charge is 0.487 e. The molecular formula is C28H32BrN3O5. The number of benzene rings is 2. The van der Waals surface area contributed by atoms with Crippen LogP contribution in [0, 0.1) is 0 Å². The molecule has 0 radical (unpaired) electrons. The molecule has 1 atom stereocenters. The number of hydrogen-bond donors (Lipinski definition) is 0. The Balaban J connectivity index is 1.41. The summed E-state index contributed by atoms with van der Waals surface area (Å²) in [6, 6.07) is 12.2. The van der Waals surface area contributed by atoms with E-state index in [4.69, 9.17) is 19.3 Å². The summed E-state index contributed by atoms with van der Waals surface area (Å²) in [5, 5.41) is 5.95. The first-order valence-corrected chi connectivity index (χ1v) is 13.8. The van der Waals surface area contributed by atoms with Crippen molar-refractivity contribution in [1.29, 1.82) is 0 Å². The SMILES string of the molecule is CCOC(=O)Cc1c(OCc2nn(C3CCN(C(=O)OCC)C3)c3ccc(Br)cc23)cccc1C1CC1. The minimum atomic E-state index is -0.280. The normalized spacial score (nSPS) is 17.3. The van der Waals surface area contributed by atoms with Crippen LogP contribution in [0.15, 0.2) is 40.9 Å². The fourth-order valence-electron chi connectivity index (χ4n) is 5.07. The summed E-state index contributed by atoms with van der Waals surface area (Å²) >= 11 is 3.59. The Kier molecular flexibility index (Phi) is 7.69. The fourth-order valence-corrected chi connectivity index (χ4v) is 5.43. The molecule has 9 heteroatoms. The van der Waals surface area contributed by atoms with Crippen molar-refractivity contribution in [2.75, 3.05) is 26.3 Å². The molecule has 2 heterocycles. The molecule has 1 aliphatic carbocycles. The number of ether oxygens (including phenoxy) is 3. The molecule has 1 aromatic heterocycles. The quantitative estimate of drug-likeness (QED) is 0.304. The van der Waals surface area contributed by atoms with E-state index in [0.717, 1.165) is 45.9 Å². The van der Waals surface area contributed by atoms with Crippen LogP contribution in [0.5, 0.6) is 5.75 Å². The van der Waals surface area contributed by atoms with E-state index >= 15 is 0 Å². The second kappa shape index (κ2) is 11.1. The molecule has 3 aromatic rings. The predicted molar refractivity (Wildman–Crippen MR) is 143 cm³/mol. The van der Waals surface area contributed by atoms with Gasteiger partial charge in [-0.2, -0.15) is 5.10 Å². The van der Waals surface area contributed by atoms with E-state index in [-0.39, 0.29) is 31.1 Å². The highest BCUT2D eigenvalue weighted by Crippen LogP contribution is 2.44. The number of halogens is 1. The van der Waals surface area contributed by atoms with Gasteiger partial charge in [0.2, 0.25) is 0 Å². The van der Waals surface area contributed by atoms with Crippen LogP contribution in [0.25, 0.3) is 10.9 Å². The number of esters is 1. The molecule has 1 saturated heterocycles. The Morgan fingerprint density at radius 2 is 1.89 bits per heavy atom. The third kappa shape index (κ3) is 5.61. The number of nitrogens with zero attached hydrogens (tertiary/aromatic N) is 3. The van der Waals surface area contributed by atoms with Gasteiger partial charge in [0.25, 0.3) is 0 Å². The first-order valence-electron chi connectivity index (χ1n) is 13.0. The van der Waals surface area contributed by atoms with Gasteiger partial charge in [0, 0.05) is 28.5 Å². The first kappa shape index (κ1) is 25.6. The van der Waals surface area contributed by atoms with Gasteiger partial charge in [-0.1, -0.05) is 28.1 Å². The van der Waals surface area contributed by atoms with Crippen LogP contribution < -0.4 is 4.74 Å². The third-order valence-corrected chi connectivity index (χ3v) is 7.45. The Bertz CT molecular complexity index is 1300. The monoisotopic (exact) mass is 569 g/mol. The molecule has 0 bridgehead atoms. The topological polar surface area (TPSA) is 82.9 Å². The number of likely N-dealkylation sites (tertiary alicyclic amines) is 1. The van der Waals surface area contributed by atoms with Crippen molar-refractivity contribution in [3.63, 3.8) is 0 Å². The summed E-state index contributed by atoms with van der Waals surface area (Å²) in [5.41, 5.74) is 3.89. The Morgan fingerprint density at radius 3 is 2.65 bits per heavy atom. The summed E-state index contributed by atoms with van der Waals surface area (Å²) < 4.78 is 19.8. The molecule has 2 aromatic carbocycles. The minimum absolute atomic E-state index is 0.0550. The lowest BCUT2D eigenvalue weighted by atomic mass is 9.99. The van der Waals surface area contributed by atoms with E-state index in [0.29, 0.717) is 38.0 Å². The second-order valence-corrected chi connectivity index (χ2v) is 10.4. The number of carbonyl (C=O) groups is 2. The fraction of sp³-hybridized carbons (Fsp3) is 0.464. The highest BCUT2D eigenvalue weighted by Gasteiger charge is 2.31. The molecule has 0 spiro atoms. The molecule has 1 aliphatic heterocycles. The standard InChI is InChI=1S/C28H32BrN3O5/c1-3-35-27(33)15-22-21(18-8-9-18)6-5-7-26(22)37-17-24-23-14-19(29)10-11-25(23)32(30-24)20-12-13-31(16-20)28(34)36-4-2/h5-7,10-11,14,18,20H,3-4,8-9,12-13,15-17H2,1-2H3. The van der Waals surface area contributed by atoms with Gasteiger partial charge >= 0.3 is 12.1 Å². The maximum Gasteiger partial charge on any atom is 0.409 e. The molecule has 1 unspecified atom stereocenters. The number of rotatable bonds is 9. The van der Waals surface area contributed by atoms with Crippen molar-refractivity contribution < 1.29 is 23.8 Å². The predicted octanol–water partition coefficient (Wildman–Crippen LogP) is 5.76. The van der Waals surface area contributed by atoms with Crippen LogP contribution >= 0.6 is 15.9 Å². The zero-order valence-corrected chi connectivity index (χ0v) is 22.8. The highest BCUT2D eigenvalue weighted by atomic mass is 79.9. The number of fused-ring (bicyclic) bond motifs is 1. The zero-order valence-electron chi connectivity index (χ0n) is 21.2. The molecule has 196 valence electrons. The maximum atomic E-state index is 12.4. The molecular weight excluding hydrogens is 538 g/mol. The number of hydrogen-bond acceptors (Lipinski definition) is 6. The van der Waals surface area contributed by atoms with Gasteiger partial charge < -0.3 is 19.1 Å². The Morgan fingerprint density at radius 1 is 1.08 bits per heavy atom. The van der Waals surface area contributed by atoms with E-state index in [1.807, 2.05) is 42.8 Å². The summed E-state index contributed by atoms with van der Waals surface area (Å²) in [6.07, 6.45) is 2.98. The van der Waals surface area contributed by atoms with Crippen molar-refractivity contribution in [1.82, 2.24) is 14.7 Å². The van der Waals surface area contributed by atoms with Gasteiger partial charge in [0.1, 0.15) is 18.1 Å². The first-order chi connectivity index (χ1) is 18.0. The second-order valence-electron chi connectivity index (χ2n) is 9.51. The summed E-state index contributed by atoms with van der Waals surface area (Å²) in [5.74, 6) is 0.935. The van der Waals surface area contributed by atoms with Crippen LogP contribution in [0.4, 0.5) is 4.79 Å². The number of amides is 1. The lowest BCUT2D eigenvalue weighted by molar-refractivity contribution is -0.142. The van der Waals surface area contributed by atoms with Crippen LogP contribution in [-0.2, 0) is 27.3 Å². The van der Waals surface area contributed by atoms with Crippen LogP contribution in [0.2, 0.25) is 0 Å². The Hall–Kier alpha value is -3.07. The van der Waals surface area contributed by atoms with E-state index in [1.165, 1.54) is 5.56 Å². The molecule has 37 heavy (non-hydrogen) atoms. The zero-order chi connectivity index (χ0) is 25.9. The Labute approximate surface area is 225 Å². The smallest absolute Gasteiger partial charge is 0.409 e. The van der Waals surface area contributed by atoms with Crippen molar-refractivity contribution in [2.24, 2.45) is 0 Å². The average molecular weight is 570 g/mol. The van der Waals surface area contributed by atoms with Crippen molar-refractivity contribution >= 4 is 38.9 Å². The molecule has 2 aliphatic rings. The molecule has 8 nitrogen and oxygen atoms in total. The van der Waals surface area contributed by atoms with Gasteiger partial charge in [-0.3, -0.25) is 9.48 Å². The highest BCUT2D eigenvalue weighted by molar-refractivity contribution is 9.10. The summed E-state index contributed by atoms with van der Waals surface area (Å²) in [7, 11) is 0. The summed E-state index contributed by atoms with van der Waals surface area (Å²) in [4.78, 5) is 26.4. The third-order valence-electron chi connectivity index (χ3n) is 6.96. The summed E-state index contributed by atoms with van der Waals surface area (Å²) in [6.45, 7) is 5.80. The number of aromatic nitrogens is 2. The lowest BCUT2D eigenvalue weighted by Crippen LogP contribution is -2.29. The van der Waals surface area contributed by atoms with Gasteiger partial charge in [0.05, 0.1) is 31.2 Å². The number of carbonyl (C=O) groups excluding carboxylic acids is 2. The minimum Gasteiger partial charge on any atom is -0.487 e. The van der Waals surface area contributed by atoms with Crippen molar-refractivity contribution in [3.8, 4) is 5.75 Å². The van der Waals surface area contributed by atoms with Gasteiger partial charge in [-0.15, -0.1) is 0 Å². The van der Waals surface area contributed by atoms with Gasteiger partial charge in [-0.25, -0.2) is 4.79 Å². The van der Waals surface area contributed by atoms with Crippen LogP contribution in [-0.4, -0.2) is 53.0 Å². The van der Waals surface area contributed by atoms with E-state index in [2.05, 4.69) is 28.1 Å². The lowest BCUT2D eigenvalue weighted by Gasteiger charge is -2.16. The van der Waals surface area contributed by atoms with Crippen LogP contribution in [0.1, 0.15) is 61.9 Å². The molecule has 0 N–H and O–H groups in total. The molecule has 5 rings (SSSR count). The van der Waals surface area contributed by atoms with E-state index < -0.39 is 0 Å².